The van der Waals surface area contributed by atoms with Crippen molar-refractivity contribution in [1.29, 1.82) is 0 Å². The summed E-state index contributed by atoms with van der Waals surface area (Å²) in [6, 6.07) is 3.71. The number of benzene rings is 1. The second-order valence-corrected chi connectivity index (χ2v) is 6.41. The van der Waals surface area contributed by atoms with Gasteiger partial charge in [-0.15, -0.1) is 0 Å². The van der Waals surface area contributed by atoms with Crippen molar-refractivity contribution in [1.82, 2.24) is 14.9 Å². The number of nitrogen functional groups attached to an aromatic ring is 1. The van der Waals surface area contributed by atoms with Crippen LogP contribution >= 0.6 is 0 Å². The SMILES string of the molecule is Cc1[nH]ncc1CCCNS(=O)(=O)c1cccc(F)c1N. The number of hydrogen-bond donors (Lipinski definition) is 3. The molecule has 0 aliphatic heterocycles. The smallest absolute Gasteiger partial charge is 0.242 e. The van der Waals surface area contributed by atoms with E-state index in [2.05, 4.69) is 14.9 Å². The molecule has 21 heavy (non-hydrogen) atoms. The van der Waals surface area contributed by atoms with Gasteiger partial charge < -0.3 is 5.73 Å². The molecule has 0 bridgehead atoms. The Labute approximate surface area is 122 Å². The maximum atomic E-state index is 13.3. The molecule has 0 spiro atoms. The highest BCUT2D eigenvalue weighted by atomic mass is 32.2. The Hall–Kier alpha value is -1.93. The van der Waals surface area contributed by atoms with Gasteiger partial charge in [0, 0.05) is 12.2 Å². The van der Waals surface area contributed by atoms with Gasteiger partial charge in [-0.2, -0.15) is 5.10 Å². The summed E-state index contributed by atoms with van der Waals surface area (Å²) in [7, 11) is -3.80. The van der Waals surface area contributed by atoms with Crippen LogP contribution in [0.3, 0.4) is 0 Å². The van der Waals surface area contributed by atoms with Crippen molar-refractivity contribution in [3.8, 4) is 0 Å². The summed E-state index contributed by atoms with van der Waals surface area (Å²) in [4.78, 5) is -0.234. The normalized spacial score (nSPS) is 11.7. The first-order valence-electron chi connectivity index (χ1n) is 6.44. The molecule has 0 saturated heterocycles. The van der Waals surface area contributed by atoms with E-state index in [0.717, 1.165) is 17.3 Å². The summed E-state index contributed by atoms with van der Waals surface area (Å²) >= 11 is 0. The van der Waals surface area contributed by atoms with E-state index in [-0.39, 0.29) is 17.1 Å². The van der Waals surface area contributed by atoms with Gasteiger partial charge in [0.25, 0.3) is 0 Å². The zero-order chi connectivity index (χ0) is 15.5. The third kappa shape index (κ3) is 3.59. The number of halogens is 1. The second-order valence-electron chi connectivity index (χ2n) is 4.67. The third-order valence-corrected chi connectivity index (χ3v) is 4.67. The minimum Gasteiger partial charge on any atom is -0.395 e. The van der Waals surface area contributed by atoms with Crippen molar-refractivity contribution < 1.29 is 12.8 Å². The van der Waals surface area contributed by atoms with Gasteiger partial charge >= 0.3 is 0 Å². The van der Waals surface area contributed by atoms with E-state index < -0.39 is 15.8 Å². The average Bonchev–Trinajstić information content (AvgIpc) is 2.83. The highest BCUT2D eigenvalue weighted by Crippen LogP contribution is 2.20. The van der Waals surface area contributed by atoms with E-state index in [9.17, 15) is 12.8 Å². The van der Waals surface area contributed by atoms with Crippen LogP contribution in [0, 0.1) is 12.7 Å². The van der Waals surface area contributed by atoms with Crippen molar-refractivity contribution in [3.63, 3.8) is 0 Å². The minimum atomic E-state index is -3.80. The van der Waals surface area contributed by atoms with Crippen molar-refractivity contribution in [3.05, 3.63) is 41.5 Å². The number of anilines is 1. The summed E-state index contributed by atoms with van der Waals surface area (Å²) in [6.45, 7) is 2.14. The number of para-hydroxylation sites is 1. The lowest BCUT2D eigenvalue weighted by atomic mass is 10.1. The van der Waals surface area contributed by atoms with Gasteiger partial charge in [-0.3, -0.25) is 5.10 Å². The Bertz CT molecular complexity index is 728. The van der Waals surface area contributed by atoms with Crippen LogP contribution in [0.2, 0.25) is 0 Å². The number of rotatable bonds is 6. The Morgan fingerprint density at radius 2 is 2.19 bits per heavy atom. The summed E-state index contributed by atoms with van der Waals surface area (Å²) in [6.07, 6.45) is 3.02. The zero-order valence-electron chi connectivity index (χ0n) is 11.6. The number of aromatic amines is 1. The van der Waals surface area contributed by atoms with Crippen LogP contribution in [0.4, 0.5) is 10.1 Å². The number of aromatic nitrogens is 2. The Morgan fingerprint density at radius 1 is 1.43 bits per heavy atom. The molecule has 8 heteroatoms. The first-order chi connectivity index (χ1) is 9.92. The quantitative estimate of drug-likeness (QED) is 0.553. The molecule has 2 rings (SSSR count). The molecule has 2 aromatic rings. The maximum Gasteiger partial charge on any atom is 0.242 e. The fourth-order valence-corrected chi connectivity index (χ4v) is 3.16. The van der Waals surface area contributed by atoms with Gasteiger partial charge in [0.05, 0.1) is 11.9 Å². The number of sulfonamides is 1. The van der Waals surface area contributed by atoms with E-state index in [1.54, 1.807) is 6.20 Å². The lowest BCUT2D eigenvalue weighted by molar-refractivity contribution is 0.576. The number of nitrogens with one attached hydrogen (secondary N) is 2. The molecule has 0 aliphatic rings. The lowest BCUT2D eigenvalue weighted by Crippen LogP contribution is -2.26. The van der Waals surface area contributed by atoms with Crippen LogP contribution in [0.25, 0.3) is 0 Å². The molecule has 0 unspecified atom stereocenters. The van der Waals surface area contributed by atoms with Crippen molar-refractivity contribution in [2.75, 3.05) is 12.3 Å². The molecular weight excluding hydrogens is 295 g/mol. The summed E-state index contributed by atoms with van der Waals surface area (Å²) in [5.74, 6) is -0.744. The average molecular weight is 312 g/mol. The molecule has 6 nitrogen and oxygen atoms in total. The number of aryl methyl sites for hydroxylation is 2. The first-order valence-corrected chi connectivity index (χ1v) is 7.92. The van der Waals surface area contributed by atoms with E-state index in [0.29, 0.717) is 12.8 Å². The van der Waals surface area contributed by atoms with Crippen LogP contribution < -0.4 is 10.5 Å². The number of H-pyrrole nitrogens is 1. The predicted molar refractivity (Wildman–Crippen MR) is 77.6 cm³/mol. The van der Waals surface area contributed by atoms with Gasteiger partial charge in [0.2, 0.25) is 10.0 Å². The fourth-order valence-electron chi connectivity index (χ4n) is 1.94. The lowest BCUT2D eigenvalue weighted by Gasteiger charge is -2.09. The third-order valence-electron chi connectivity index (χ3n) is 3.15. The summed E-state index contributed by atoms with van der Waals surface area (Å²) < 4.78 is 39.8. The van der Waals surface area contributed by atoms with E-state index in [1.165, 1.54) is 12.1 Å². The fraction of sp³-hybridized carbons (Fsp3) is 0.308. The number of nitrogens with zero attached hydrogens (tertiary/aromatic N) is 1. The molecule has 0 amide bonds. The van der Waals surface area contributed by atoms with E-state index >= 15 is 0 Å². The standard InChI is InChI=1S/C13H17FN4O2S/c1-9-10(8-16-18-9)4-3-7-17-21(19,20)12-6-2-5-11(14)13(12)15/h2,5-6,8,17H,3-4,7,15H2,1H3,(H,16,18). The number of nitrogens with two attached hydrogens (primary N) is 1. The highest BCUT2D eigenvalue weighted by Gasteiger charge is 2.18. The Morgan fingerprint density at radius 3 is 2.86 bits per heavy atom. The molecule has 0 radical (unpaired) electrons. The maximum absolute atomic E-state index is 13.3. The molecule has 0 atom stereocenters. The molecule has 0 aliphatic carbocycles. The zero-order valence-corrected chi connectivity index (χ0v) is 12.4. The molecule has 0 saturated carbocycles. The van der Waals surface area contributed by atoms with Gasteiger partial charge in [-0.05, 0) is 37.5 Å². The molecule has 114 valence electrons. The molecule has 1 heterocycles. The van der Waals surface area contributed by atoms with E-state index in [4.69, 9.17) is 5.73 Å². The largest absolute Gasteiger partial charge is 0.395 e. The van der Waals surface area contributed by atoms with Crippen molar-refractivity contribution in [2.45, 2.75) is 24.7 Å². The summed E-state index contributed by atoms with van der Waals surface area (Å²) in [5, 5.41) is 6.71. The molecule has 1 aromatic heterocycles. The predicted octanol–water partition coefficient (Wildman–Crippen LogP) is 1.35. The number of hydrogen-bond acceptors (Lipinski definition) is 4. The monoisotopic (exact) mass is 312 g/mol. The molecular formula is C13H17FN4O2S. The van der Waals surface area contributed by atoms with Crippen LogP contribution in [0.5, 0.6) is 0 Å². The minimum absolute atomic E-state index is 0.234. The van der Waals surface area contributed by atoms with Gasteiger partial charge in [-0.25, -0.2) is 17.5 Å². The summed E-state index contributed by atoms with van der Waals surface area (Å²) in [5.41, 5.74) is 7.10. The molecule has 1 aromatic carbocycles. The van der Waals surface area contributed by atoms with Gasteiger partial charge in [0.1, 0.15) is 10.7 Å². The molecule has 0 fully saturated rings. The first kappa shape index (κ1) is 15.5. The Balaban J connectivity index is 1.96. The Kier molecular flexibility index (Phi) is 4.59. The van der Waals surface area contributed by atoms with E-state index in [1.807, 2.05) is 6.92 Å². The topological polar surface area (TPSA) is 101 Å². The van der Waals surface area contributed by atoms with Crippen LogP contribution in [-0.2, 0) is 16.4 Å². The van der Waals surface area contributed by atoms with Crippen LogP contribution in [0.1, 0.15) is 17.7 Å². The van der Waals surface area contributed by atoms with Crippen molar-refractivity contribution in [2.24, 2.45) is 0 Å². The van der Waals surface area contributed by atoms with Gasteiger partial charge in [-0.1, -0.05) is 6.07 Å². The van der Waals surface area contributed by atoms with Gasteiger partial charge in [0.15, 0.2) is 0 Å². The van der Waals surface area contributed by atoms with Crippen LogP contribution in [-0.4, -0.2) is 25.2 Å². The van der Waals surface area contributed by atoms with Crippen molar-refractivity contribution >= 4 is 15.7 Å². The molecule has 4 N–H and O–H groups in total. The van der Waals surface area contributed by atoms with Crippen LogP contribution in [0.15, 0.2) is 29.3 Å². The highest BCUT2D eigenvalue weighted by molar-refractivity contribution is 7.89. The second kappa shape index (κ2) is 6.23.